The topological polar surface area (TPSA) is 65.1 Å². The van der Waals surface area contributed by atoms with Crippen LogP contribution in [0, 0.1) is 5.92 Å². The molecule has 1 aromatic carbocycles. The van der Waals surface area contributed by atoms with Gasteiger partial charge in [-0.15, -0.1) is 0 Å². The Balaban J connectivity index is 2.09. The van der Waals surface area contributed by atoms with Gasteiger partial charge in [0.15, 0.2) is 0 Å². The molecule has 0 spiro atoms. The van der Waals surface area contributed by atoms with Gasteiger partial charge in [0.05, 0.1) is 0 Å². The number of nitrogens with two attached hydrogens (primary N) is 1. The van der Waals surface area contributed by atoms with Gasteiger partial charge in [0.1, 0.15) is 4.90 Å². The van der Waals surface area contributed by atoms with Gasteiger partial charge in [0.2, 0.25) is 10.0 Å². The largest absolute Gasteiger partial charge is 0.346 e. The van der Waals surface area contributed by atoms with Crippen LogP contribution >= 0.6 is 0 Å². The third-order valence-electron chi connectivity index (χ3n) is 3.99. The van der Waals surface area contributed by atoms with Crippen molar-refractivity contribution >= 4 is 20.9 Å². The average molecular weight is 278 g/mol. The number of para-hydroxylation sites is 1. The van der Waals surface area contributed by atoms with Crippen LogP contribution in [0.25, 0.3) is 10.9 Å². The Morgan fingerprint density at radius 1 is 1.21 bits per heavy atom. The molecule has 102 valence electrons. The van der Waals surface area contributed by atoms with E-state index in [0.717, 1.165) is 17.4 Å². The van der Waals surface area contributed by atoms with Gasteiger partial charge >= 0.3 is 0 Å². The summed E-state index contributed by atoms with van der Waals surface area (Å²) in [5, 5.41) is 6.03. The fourth-order valence-corrected chi connectivity index (χ4v) is 3.82. The van der Waals surface area contributed by atoms with Gasteiger partial charge in [-0.3, -0.25) is 0 Å². The minimum atomic E-state index is -3.66. The molecule has 1 saturated carbocycles. The Hall–Kier alpha value is -1.33. The normalized spacial score (nSPS) is 17.3. The van der Waals surface area contributed by atoms with E-state index < -0.39 is 10.0 Å². The molecule has 0 atom stereocenters. The summed E-state index contributed by atoms with van der Waals surface area (Å²) < 4.78 is 25.4. The van der Waals surface area contributed by atoms with E-state index >= 15 is 0 Å². The van der Waals surface area contributed by atoms with Crippen molar-refractivity contribution in [3.8, 4) is 0 Å². The maximum Gasteiger partial charge on any atom is 0.240 e. The van der Waals surface area contributed by atoms with Crippen molar-refractivity contribution in [1.82, 2.24) is 4.57 Å². The van der Waals surface area contributed by atoms with Gasteiger partial charge in [-0.25, -0.2) is 13.6 Å². The van der Waals surface area contributed by atoms with Crippen molar-refractivity contribution in [1.29, 1.82) is 0 Å². The Morgan fingerprint density at radius 3 is 2.58 bits per heavy atom. The summed E-state index contributed by atoms with van der Waals surface area (Å²) in [6.45, 7) is 0.885. The quantitative estimate of drug-likeness (QED) is 0.937. The molecular formula is C14H18N2O2S. The smallest absolute Gasteiger partial charge is 0.240 e. The molecule has 4 nitrogen and oxygen atoms in total. The zero-order chi connectivity index (χ0) is 13.5. The van der Waals surface area contributed by atoms with Crippen LogP contribution in [0.15, 0.2) is 35.4 Å². The van der Waals surface area contributed by atoms with E-state index in [0.29, 0.717) is 5.92 Å². The fourth-order valence-electron chi connectivity index (χ4n) is 3.06. The number of sulfonamides is 1. The number of hydrogen-bond donors (Lipinski definition) is 1. The molecule has 1 aliphatic carbocycles. The highest BCUT2D eigenvalue weighted by Crippen LogP contribution is 2.30. The Morgan fingerprint density at radius 2 is 1.89 bits per heavy atom. The molecule has 2 aromatic rings. The molecule has 19 heavy (non-hydrogen) atoms. The first kappa shape index (κ1) is 12.7. The molecule has 0 aliphatic heterocycles. The van der Waals surface area contributed by atoms with Crippen molar-refractivity contribution in [2.75, 3.05) is 0 Å². The third kappa shape index (κ3) is 2.40. The van der Waals surface area contributed by atoms with Crippen molar-refractivity contribution in [3.63, 3.8) is 0 Å². The summed E-state index contributed by atoms with van der Waals surface area (Å²) in [5.41, 5.74) is 0.957. The van der Waals surface area contributed by atoms with Gasteiger partial charge in [-0.1, -0.05) is 31.0 Å². The molecule has 0 radical (unpaired) electrons. The van der Waals surface area contributed by atoms with E-state index in [1.807, 2.05) is 28.8 Å². The van der Waals surface area contributed by atoms with E-state index in [1.54, 1.807) is 6.20 Å². The zero-order valence-corrected chi connectivity index (χ0v) is 11.6. The highest BCUT2D eigenvalue weighted by atomic mass is 32.2. The first-order valence-corrected chi connectivity index (χ1v) is 8.21. The summed E-state index contributed by atoms with van der Waals surface area (Å²) in [5.74, 6) is 0.657. The van der Waals surface area contributed by atoms with Gasteiger partial charge in [-0.2, -0.15) is 0 Å². The first-order chi connectivity index (χ1) is 9.05. The molecule has 0 amide bonds. The predicted molar refractivity (Wildman–Crippen MR) is 75.3 cm³/mol. The van der Waals surface area contributed by atoms with Crippen LogP contribution in [0.1, 0.15) is 25.7 Å². The molecule has 0 unspecified atom stereocenters. The summed E-state index contributed by atoms with van der Waals surface area (Å²) >= 11 is 0. The van der Waals surface area contributed by atoms with Gasteiger partial charge < -0.3 is 4.57 Å². The zero-order valence-electron chi connectivity index (χ0n) is 10.7. The van der Waals surface area contributed by atoms with Crippen LogP contribution in [0.5, 0.6) is 0 Å². The van der Waals surface area contributed by atoms with E-state index in [1.165, 1.54) is 25.7 Å². The second kappa shape index (κ2) is 4.65. The number of primary sulfonamides is 1. The van der Waals surface area contributed by atoms with Crippen LogP contribution in [-0.4, -0.2) is 13.0 Å². The summed E-state index contributed by atoms with van der Waals surface area (Å²) in [6.07, 6.45) is 6.73. The SMILES string of the molecule is NS(=O)(=O)c1cn(CC2CCCC2)c2ccccc12. The van der Waals surface area contributed by atoms with E-state index in [-0.39, 0.29) is 4.90 Å². The lowest BCUT2D eigenvalue weighted by Gasteiger charge is -2.11. The summed E-state index contributed by atoms with van der Waals surface area (Å²) in [4.78, 5) is 0.237. The van der Waals surface area contributed by atoms with Crippen LogP contribution in [0.2, 0.25) is 0 Å². The average Bonchev–Trinajstić information content (AvgIpc) is 2.97. The standard InChI is InChI=1S/C14H18N2O2S/c15-19(17,18)14-10-16(9-11-5-1-2-6-11)13-8-4-3-7-12(13)14/h3-4,7-8,10-11H,1-2,5-6,9H2,(H2,15,17,18). The molecular weight excluding hydrogens is 260 g/mol. The Kier molecular flexibility index (Phi) is 3.11. The molecule has 5 heteroatoms. The number of benzene rings is 1. The molecule has 1 aliphatic rings. The molecule has 0 saturated heterocycles. The summed E-state index contributed by atoms with van der Waals surface area (Å²) in [6, 6.07) is 7.55. The lowest BCUT2D eigenvalue weighted by atomic mass is 10.1. The van der Waals surface area contributed by atoms with E-state index in [2.05, 4.69) is 0 Å². The Labute approximate surface area is 113 Å². The second-order valence-electron chi connectivity index (χ2n) is 5.36. The fraction of sp³-hybridized carbons (Fsp3) is 0.429. The van der Waals surface area contributed by atoms with Crippen molar-refractivity contribution in [2.45, 2.75) is 37.1 Å². The molecule has 2 N–H and O–H groups in total. The number of rotatable bonds is 3. The monoisotopic (exact) mass is 278 g/mol. The molecule has 1 fully saturated rings. The van der Waals surface area contributed by atoms with Crippen molar-refractivity contribution < 1.29 is 8.42 Å². The third-order valence-corrected chi connectivity index (χ3v) is 4.93. The van der Waals surface area contributed by atoms with Crippen molar-refractivity contribution in [2.24, 2.45) is 11.1 Å². The minimum Gasteiger partial charge on any atom is -0.346 e. The van der Waals surface area contributed by atoms with Crippen LogP contribution in [-0.2, 0) is 16.6 Å². The predicted octanol–water partition coefficient (Wildman–Crippen LogP) is 2.48. The second-order valence-corrected chi connectivity index (χ2v) is 6.89. The van der Waals surface area contributed by atoms with E-state index in [4.69, 9.17) is 5.14 Å². The highest BCUT2D eigenvalue weighted by molar-refractivity contribution is 7.89. The van der Waals surface area contributed by atoms with Gasteiger partial charge in [0.25, 0.3) is 0 Å². The molecule has 1 aromatic heterocycles. The van der Waals surface area contributed by atoms with Crippen LogP contribution in [0.3, 0.4) is 0 Å². The van der Waals surface area contributed by atoms with Crippen molar-refractivity contribution in [3.05, 3.63) is 30.5 Å². The maximum atomic E-state index is 11.7. The number of hydrogen-bond acceptors (Lipinski definition) is 2. The van der Waals surface area contributed by atoms with Gasteiger partial charge in [0, 0.05) is 23.6 Å². The number of nitrogens with zero attached hydrogens (tertiary/aromatic N) is 1. The molecule has 3 rings (SSSR count). The number of fused-ring (bicyclic) bond motifs is 1. The molecule has 0 bridgehead atoms. The first-order valence-electron chi connectivity index (χ1n) is 6.66. The highest BCUT2D eigenvalue weighted by Gasteiger charge is 2.20. The number of aromatic nitrogens is 1. The van der Waals surface area contributed by atoms with E-state index in [9.17, 15) is 8.42 Å². The van der Waals surface area contributed by atoms with Crippen LogP contribution < -0.4 is 5.14 Å². The van der Waals surface area contributed by atoms with Gasteiger partial charge in [-0.05, 0) is 24.8 Å². The maximum absolute atomic E-state index is 11.7. The lowest BCUT2D eigenvalue weighted by Crippen LogP contribution is -2.12. The lowest BCUT2D eigenvalue weighted by molar-refractivity contribution is 0.464. The minimum absolute atomic E-state index is 0.237. The molecule has 1 heterocycles. The summed E-state index contributed by atoms with van der Waals surface area (Å²) in [7, 11) is -3.66. The van der Waals surface area contributed by atoms with Crippen LogP contribution in [0.4, 0.5) is 0 Å². The Bertz CT molecular complexity index is 697.